The molecule has 0 aromatic carbocycles. The first kappa shape index (κ1) is 14.8. The van der Waals surface area contributed by atoms with Gasteiger partial charge in [-0.2, -0.15) is 13.2 Å². The number of alkyl halides is 3. The second-order valence-corrected chi connectivity index (χ2v) is 4.73. The molecule has 0 radical (unpaired) electrons. The molecule has 1 aromatic rings. The number of aromatic nitrogens is 2. The number of hydrogen-bond donors (Lipinski definition) is 0. The molecule has 0 atom stereocenters. The highest BCUT2D eigenvalue weighted by Gasteiger charge is 2.34. The summed E-state index contributed by atoms with van der Waals surface area (Å²) >= 11 is 0. The number of piperazine rings is 1. The number of aryl methyl sites for hydroxylation is 1. The van der Waals surface area contributed by atoms with Gasteiger partial charge in [-0.25, -0.2) is 9.97 Å². The van der Waals surface area contributed by atoms with Gasteiger partial charge in [0.25, 0.3) is 0 Å². The summed E-state index contributed by atoms with van der Waals surface area (Å²) in [5.41, 5.74) is -0.881. The van der Waals surface area contributed by atoms with Crippen LogP contribution in [0.15, 0.2) is 18.7 Å². The summed E-state index contributed by atoms with van der Waals surface area (Å²) in [7, 11) is 0. The van der Waals surface area contributed by atoms with E-state index in [1.807, 2.05) is 11.0 Å². The zero-order valence-electron chi connectivity index (χ0n) is 11.3. The fourth-order valence-corrected chi connectivity index (χ4v) is 2.20. The van der Waals surface area contributed by atoms with Gasteiger partial charge in [0.2, 0.25) is 0 Å². The summed E-state index contributed by atoms with van der Waals surface area (Å²) in [6, 6.07) is 1.02. The molecule has 110 valence electrons. The van der Waals surface area contributed by atoms with E-state index in [-0.39, 0.29) is 5.82 Å². The van der Waals surface area contributed by atoms with Gasteiger partial charge in [-0.15, -0.1) is 6.58 Å². The van der Waals surface area contributed by atoms with Crippen molar-refractivity contribution >= 4 is 5.82 Å². The molecule has 0 unspecified atom stereocenters. The van der Waals surface area contributed by atoms with Crippen LogP contribution in [-0.2, 0) is 6.18 Å². The average molecular weight is 286 g/mol. The Labute approximate surface area is 115 Å². The van der Waals surface area contributed by atoms with Crippen molar-refractivity contribution < 1.29 is 13.2 Å². The van der Waals surface area contributed by atoms with Crippen LogP contribution in [-0.4, -0.2) is 47.6 Å². The predicted molar refractivity (Wildman–Crippen MR) is 70.6 cm³/mol. The van der Waals surface area contributed by atoms with Crippen molar-refractivity contribution in [3.8, 4) is 0 Å². The molecule has 0 amide bonds. The van der Waals surface area contributed by atoms with Crippen molar-refractivity contribution in [2.75, 3.05) is 37.6 Å². The fraction of sp³-hybridized carbons (Fsp3) is 0.538. The maximum Gasteiger partial charge on any atom is 0.433 e. The molecule has 7 heteroatoms. The van der Waals surface area contributed by atoms with Gasteiger partial charge in [0, 0.05) is 38.8 Å². The summed E-state index contributed by atoms with van der Waals surface area (Å²) < 4.78 is 38.2. The molecule has 0 spiro atoms. The molecule has 1 aliphatic heterocycles. The van der Waals surface area contributed by atoms with E-state index in [0.29, 0.717) is 18.9 Å². The predicted octanol–water partition coefficient (Wildman–Crippen LogP) is 2.11. The lowest BCUT2D eigenvalue weighted by molar-refractivity contribution is -0.141. The Balaban J connectivity index is 2.14. The Morgan fingerprint density at radius 1 is 1.25 bits per heavy atom. The third-order valence-corrected chi connectivity index (χ3v) is 3.20. The van der Waals surface area contributed by atoms with Gasteiger partial charge in [0.05, 0.1) is 0 Å². The lowest BCUT2D eigenvalue weighted by Gasteiger charge is -2.35. The molecule has 0 saturated carbocycles. The first-order valence-corrected chi connectivity index (χ1v) is 6.41. The molecule has 0 bridgehead atoms. The smallest absolute Gasteiger partial charge is 0.354 e. The first-order chi connectivity index (χ1) is 9.40. The van der Waals surface area contributed by atoms with Crippen LogP contribution in [0.3, 0.4) is 0 Å². The molecule has 1 saturated heterocycles. The van der Waals surface area contributed by atoms with Gasteiger partial charge in [-0.3, -0.25) is 4.90 Å². The lowest BCUT2D eigenvalue weighted by atomic mass is 10.3. The number of rotatable bonds is 3. The maximum atomic E-state index is 12.7. The van der Waals surface area contributed by atoms with Crippen LogP contribution < -0.4 is 4.90 Å². The van der Waals surface area contributed by atoms with Crippen LogP contribution in [0.5, 0.6) is 0 Å². The van der Waals surface area contributed by atoms with Crippen molar-refractivity contribution in [1.29, 1.82) is 0 Å². The van der Waals surface area contributed by atoms with Crippen LogP contribution in [0.4, 0.5) is 19.0 Å². The van der Waals surface area contributed by atoms with Crippen LogP contribution in [0.1, 0.15) is 11.5 Å². The Morgan fingerprint density at radius 2 is 1.90 bits per heavy atom. The largest absolute Gasteiger partial charge is 0.433 e. The highest BCUT2D eigenvalue weighted by molar-refractivity contribution is 5.41. The van der Waals surface area contributed by atoms with E-state index in [4.69, 9.17) is 0 Å². The minimum atomic E-state index is -4.44. The van der Waals surface area contributed by atoms with E-state index < -0.39 is 11.9 Å². The van der Waals surface area contributed by atoms with Crippen molar-refractivity contribution in [2.24, 2.45) is 0 Å². The SMILES string of the molecule is C=CCN1CCN(c2cc(C(F)(F)F)nc(C)n2)CC1. The van der Waals surface area contributed by atoms with Gasteiger partial charge < -0.3 is 4.90 Å². The van der Waals surface area contributed by atoms with Crippen molar-refractivity contribution in [2.45, 2.75) is 13.1 Å². The molecule has 1 fully saturated rings. The molecule has 2 rings (SSSR count). The lowest BCUT2D eigenvalue weighted by Crippen LogP contribution is -2.46. The molecule has 0 aliphatic carbocycles. The average Bonchev–Trinajstić information content (AvgIpc) is 2.38. The fourth-order valence-electron chi connectivity index (χ4n) is 2.20. The van der Waals surface area contributed by atoms with Crippen LogP contribution in [0.25, 0.3) is 0 Å². The quantitative estimate of drug-likeness (QED) is 0.797. The van der Waals surface area contributed by atoms with Gasteiger partial charge >= 0.3 is 6.18 Å². The summed E-state index contributed by atoms with van der Waals surface area (Å²) in [6.07, 6.45) is -2.61. The van der Waals surface area contributed by atoms with Crippen LogP contribution >= 0.6 is 0 Å². The first-order valence-electron chi connectivity index (χ1n) is 6.41. The highest BCUT2D eigenvalue weighted by Crippen LogP contribution is 2.29. The van der Waals surface area contributed by atoms with Gasteiger partial charge in [-0.1, -0.05) is 6.08 Å². The summed E-state index contributed by atoms with van der Waals surface area (Å²) in [5, 5.41) is 0. The molecule has 2 heterocycles. The number of hydrogen-bond acceptors (Lipinski definition) is 4. The number of anilines is 1. The second-order valence-electron chi connectivity index (χ2n) is 4.73. The minimum Gasteiger partial charge on any atom is -0.354 e. The molecule has 1 aliphatic rings. The van der Waals surface area contributed by atoms with E-state index in [0.717, 1.165) is 25.7 Å². The normalized spacial score (nSPS) is 17.3. The third-order valence-electron chi connectivity index (χ3n) is 3.20. The summed E-state index contributed by atoms with van der Waals surface area (Å²) in [6.45, 7) is 8.84. The van der Waals surface area contributed by atoms with E-state index in [9.17, 15) is 13.2 Å². The van der Waals surface area contributed by atoms with Gasteiger partial charge in [-0.05, 0) is 6.92 Å². The van der Waals surface area contributed by atoms with E-state index in [2.05, 4.69) is 21.4 Å². The Kier molecular flexibility index (Phi) is 4.27. The highest BCUT2D eigenvalue weighted by atomic mass is 19.4. The van der Waals surface area contributed by atoms with Crippen molar-refractivity contribution in [3.63, 3.8) is 0 Å². The van der Waals surface area contributed by atoms with Crippen molar-refractivity contribution in [3.05, 3.63) is 30.2 Å². The van der Waals surface area contributed by atoms with Gasteiger partial charge in [0.15, 0.2) is 0 Å². The summed E-state index contributed by atoms with van der Waals surface area (Å²) in [4.78, 5) is 11.6. The Hall–Kier alpha value is -1.63. The number of nitrogens with zero attached hydrogens (tertiary/aromatic N) is 4. The monoisotopic (exact) mass is 286 g/mol. The second kappa shape index (κ2) is 5.78. The van der Waals surface area contributed by atoms with Crippen molar-refractivity contribution in [1.82, 2.24) is 14.9 Å². The third kappa shape index (κ3) is 3.47. The molecule has 20 heavy (non-hydrogen) atoms. The molecule has 4 nitrogen and oxygen atoms in total. The zero-order chi connectivity index (χ0) is 14.8. The molecule has 0 N–H and O–H groups in total. The van der Waals surface area contributed by atoms with E-state index >= 15 is 0 Å². The van der Waals surface area contributed by atoms with Crippen LogP contribution in [0, 0.1) is 6.92 Å². The van der Waals surface area contributed by atoms with Gasteiger partial charge in [0.1, 0.15) is 17.3 Å². The number of halogens is 3. The summed E-state index contributed by atoms with van der Waals surface area (Å²) in [5.74, 6) is 0.492. The Bertz CT molecular complexity index is 479. The maximum absolute atomic E-state index is 12.7. The molecular weight excluding hydrogens is 269 g/mol. The standard InChI is InChI=1S/C13H17F3N4/c1-3-4-19-5-7-20(8-6-19)12-9-11(13(14,15)16)17-10(2)18-12/h3,9H,1,4-8H2,2H3. The van der Waals surface area contributed by atoms with E-state index in [1.54, 1.807) is 0 Å². The zero-order valence-corrected chi connectivity index (χ0v) is 11.3. The van der Waals surface area contributed by atoms with Crippen LogP contribution in [0.2, 0.25) is 0 Å². The Morgan fingerprint density at radius 3 is 2.45 bits per heavy atom. The molecule has 1 aromatic heterocycles. The van der Waals surface area contributed by atoms with E-state index in [1.165, 1.54) is 6.92 Å². The topological polar surface area (TPSA) is 32.3 Å². The minimum absolute atomic E-state index is 0.142. The molecular formula is C13H17F3N4.